The zero-order valence-corrected chi connectivity index (χ0v) is 19.4. The van der Waals surface area contributed by atoms with E-state index in [1.54, 1.807) is 5.57 Å². The summed E-state index contributed by atoms with van der Waals surface area (Å²) in [6, 6.07) is 0. The molecule has 0 amide bonds. The SMILES string of the molecule is COC1CCC2(C)C(=CCC3C2CCC2(C)C(CCCCC(C)C)CCC32)C1. The van der Waals surface area contributed by atoms with Crippen molar-refractivity contribution in [1.82, 2.24) is 0 Å². The maximum atomic E-state index is 5.74. The molecule has 4 aliphatic carbocycles. The molecule has 3 fully saturated rings. The lowest BCUT2D eigenvalue weighted by Gasteiger charge is -2.58. The topological polar surface area (TPSA) is 9.23 Å². The molecule has 0 aromatic rings. The number of rotatable bonds is 6. The zero-order valence-electron chi connectivity index (χ0n) is 19.4. The summed E-state index contributed by atoms with van der Waals surface area (Å²) in [5.41, 5.74) is 2.89. The van der Waals surface area contributed by atoms with Gasteiger partial charge >= 0.3 is 0 Å². The number of methoxy groups -OCH3 is 1. The van der Waals surface area contributed by atoms with Gasteiger partial charge in [-0.15, -0.1) is 0 Å². The van der Waals surface area contributed by atoms with E-state index in [-0.39, 0.29) is 0 Å². The molecule has 0 aromatic heterocycles. The van der Waals surface area contributed by atoms with Crippen LogP contribution in [0.4, 0.5) is 0 Å². The molecule has 4 aliphatic rings. The first-order valence-electron chi connectivity index (χ1n) is 12.6. The summed E-state index contributed by atoms with van der Waals surface area (Å²) in [6.07, 6.45) is 20.3. The van der Waals surface area contributed by atoms with E-state index < -0.39 is 0 Å². The lowest BCUT2D eigenvalue weighted by Crippen LogP contribution is -2.50. The molecule has 0 aliphatic heterocycles. The van der Waals surface area contributed by atoms with E-state index in [0.29, 0.717) is 16.9 Å². The molecule has 1 heteroatoms. The van der Waals surface area contributed by atoms with Crippen molar-refractivity contribution in [1.29, 1.82) is 0 Å². The Morgan fingerprint density at radius 1 is 1.04 bits per heavy atom. The van der Waals surface area contributed by atoms with Crippen molar-refractivity contribution in [2.24, 2.45) is 40.4 Å². The van der Waals surface area contributed by atoms with Crippen molar-refractivity contribution in [2.75, 3.05) is 7.11 Å². The molecule has 7 atom stereocenters. The highest BCUT2D eigenvalue weighted by Gasteiger charge is 2.58. The van der Waals surface area contributed by atoms with Gasteiger partial charge in [-0.1, -0.05) is 58.6 Å². The molecule has 4 rings (SSSR count). The van der Waals surface area contributed by atoms with Crippen molar-refractivity contribution >= 4 is 0 Å². The summed E-state index contributed by atoms with van der Waals surface area (Å²) < 4.78 is 5.74. The molecular formula is C27H46O. The van der Waals surface area contributed by atoms with Gasteiger partial charge in [-0.05, 0) is 98.2 Å². The van der Waals surface area contributed by atoms with Crippen molar-refractivity contribution in [2.45, 2.75) is 111 Å². The first-order chi connectivity index (χ1) is 13.4. The Morgan fingerprint density at radius 3 is 2.61 bits per heavy atom. The van der Waals surface area contributed by atoms with E-state index in [1.807, 2.05) is 7.11 Å². The van der Waals surface area contributed by atoms with Crippen LogP contribution in [0.5, 0.6) is 0 Å². The van der Waals surface area contributed by atoms with Crippen LogP contribution in [0.2, 0.25) is 0 Å². The van der Waals surface area contributed by atoms with Crippen molar-refractivity contribution in [3.8, 4) is 0 Å². The lowest BCUT2D eigenvalue weighted by molar-refractivity contribution is -0.0542. The molecule has 28 heavy (non-hydrogen) atoms. The van der Waals surface area contributed by atoms with E-state index >= 15 is 0 Å². The Kier molecular flexibility index (Phi) is 6.05. The highest BCUT2D eigenvalue weighted by molar-refractivity contribution is 5.25. The van der Waals surface area contributed by atoms with E-state index in [9.17, 15) is 0 Å². The number of fused-ring (bicyclic) bond motifs is 5. The summed E-state index contributed by atoms with van der Waals surface area (Å²) in [4.78, 5) is 0. The molecule has 0 aromatic carbocycles. The Balaban J connectivity index is 1.45. The predicted octanol–water partition coefficient (Wildman–Crippen LogP) is 7.80. The number of unbranched alkanes of at least 4 members (excludes halogenated alkanes) is 1. The van der Waals surface area contributed by atoms with Gasteiger partial charge in [-0.3, -0.25) is 0 Å². The van der Waals surface area contributed by atoms with Crippen LogP contribution in [-0.2, 0) is 4.74 Å². The summed E-state index contributed by atoms with van der Waals surface area (Å²) in [5, 5.41) is 0. The largest absolute Gasteiger partial charge is 0.381 e. The lowest BCUT2D eigenvalue weighted by atomic mass is 9.47. The Hall–Kier alpha value is -0.300. The predicted molar refractivity (Wildman–Crippen MR) is 119 cm³/mol. The third-order valence-corrected chi connectivity index (χ3v) is 10.2. The highest BCUT2D eigenvalue weighted by Crippen LogP contribution is 2.66. The number of hydrogen-bond donors (Lipinski definition) is 0. The average molecular weight is 387 g/mol. The van der Waals surface area contributed by atoms with E-state index in [4.69, 9.17) is 4.74 Å². The molecule has 0 spiro atoms. The van der Waals surface area contributed by atoms with Gasteiger partial charge in [0, 0.05) is 7.11 Å². The monoisotopic (exact) mass is 386 g/mol. The fourth-order valence-corrected chi connectivity index (χ4v) is 8.36. The van der Waals surface area contributed by atoms with Gasteiger partial charge in [-0.25, -0.2) is 0 Å². The third kappa shape index (κ3) is 3.52. The van der Waals surface area contributed by atoms with Gasteiger partial charge in [-0.2, -0.15) is 0 Å². The van der Waals surface area contributed by atoms with Gasteiger partial charge in [0.25, 0.3) is 0 Å². The minimum atomic E-state index is 0.478. The smallest absolute Gasteiger partial charge is 0.0608 e. The second-order valence-corrected chi connectivity index (χ2v) is 11.9. The van der Waals surface area contributed by atoms with Gasteiger partial charge in [0.05, 0.1) is 6.10 Å². The van der Waals surface area contributed by atoms with Crippen LogP contribution in [0.15, 0.2) is 11.6 Å². The summed E-state index contributed by atoms with van der Waals surface area (Å²) in [7, 11) is 1.91. The summed E-state index contributed by atoms with van der Waals surface area (Å²) >= 11 is 0. The van der Waals surface area contributed by atoms with E-state index in [0.717, 1.165) is 29.6 Å². The van der Waals surface area contributed by atoms with Gasteiger partial charge < -0.3 is 4.74 Å². The molecule has 0 saturated heterocycles. The summed E-state index contributed by atoms with van der Waals surface area (Å²) in [6.45, 7) is 10.1. The van der Waals surface area contributed by atoms with Crippen LogP contribution in [0, 0.1) is 40.4 Å². The molecule has 0 radical (unpaired) electrons. The van der Waals surface area contributed by atoms with Crippen molar-refractivity contribution < 1.29 is 4.74 Å². The first kappa shape index (κ1) is 21.0. The van der Waals surface area contributed by atoms with Crippen molar-refractivity contribution in [3.05, 3.63) is 11.6 Å². The third-order valence-electron chi connectivity index (χ3n) is 10.2. The highest BCUT2D eigenvalue weighted by atomic mass is 16.5. The molecule has 160 valence electrons. The fourth-order valence-electron chi connectivity index (χ4n) is 8.36. The normalized spacial score (nSPS) is 45.4. The Labute approximate surface area is 175 Å². The maximum Gasteiger partial charge on any atom is 0.0608 e. The average Bonchev–Trinajstić information content (AvgIpc) is 3.01. The number of hydrogen-bond acceptors (Lipinski definition) is 1. The van der Waals surface area contributed by atoms with E-state index in [1.165, 1.54) is 77.0 Å². The van der Waals surface area contributed by atoms with Gasteiger partial charge in [0.1, 0.15) is 0 Å². The van der Waals surface area contributed by atoms with Crippen molar-refractivity contribution in [3.63, 3.8) is 0 Å². The molecule has 0 bridgehead atoms. The molecule has 0 N–H and O–H groups in total. The quantitative estimate of drug-likeness (QED) is 0.334. The Bertz CT molecular complexity index is 577. The van der Waals surface area contributed by atoms with Crippen LogP contribution >= 0.6 is 0 Å². The fraction of sp³-hybridized carbons (Fsp3) is 0.926. The molecular weight excluding hydrogens is 340 g/mol. The first-order valence-corrected chi connectivity index (χ1v) is 12.6. The standard InChI is InChI=1S/C27H46O/c1-19(2)8-6-7-9-20-11-13-24-23-12-10-21-18-22(28-5)14-16-27(21,4)25(23)15-17-26(20,24)3/h10,19-20,22-25H,6-9,11-18H2,1-5H3. The molecule has 3 saturated carbocycles. The van der Waals surface area contributed by atoms with Crippen LogP contribution in [-0.4, -0.2) is 13.2 Å². The minimum Gasteiger partial charge on any atom is -0.381 e. The Morgan fingerprint density at radius 2 is 1.86 bits per heavy atom. The molecule has 7 unspecified atom stereocenters. The van der Waals surface area contributed by atoms with Gasteiger partial charge in [0.2, 0.25) is 0 Å². The molecule has 1 nitrogen and oxygen atoms in total. The summed E-state index contributed by atoms with van der Waals surface area (Å²) in [5.74, 6) is 4.79. The minimum absolute atomic E-state index is 0.478. The molecule has 0 heterocycles. The van der Waals surface area contributed by atoms with Crippen LogP contribution < -0.4 is 0 Å². The van der Waals surface area contributed by atoms with Crippen LogP contribution in [0.3, 0.4) is 0 Å². The number of allylic oxidation sites excluding steroid dienone is 1. The van der Waals surface area contributed by atoms with E-state index in [2.05, 4.69) is 33.8 Å². The van der Waals surface area contributed by atoms with Crippen LogP contribution in [0.1, 0.15) is 105 Å². The maximum absolute atomic E-state index is 5.74. The van der Waals surface area contributed by atoms with Gasteiger partial charge in [0.15, 0.2) is 0 Å². The van der Waals surface area contributed by atoms with Crippen LogP contribution in [0.25, 0.3) is 0 Å². The second kappa shape index (κ2) is 8.09. The number of ether oxygens (including phenoxy) is 1. The second-order valence-electron chi connectivity index (χ2n) is 11.9. The zero-order chi connectivity index (χ0) is 19.9.